The molecule has 4 rings (SSSR count). The third kappa shape index (κ3) is 4.13. The largest absolute Gasteiger partial charge is 0.339 e. The van der Waals surface area contributed by atoms with Crippen LogP contribution in [0.1, 0.15) is 50.5 Å². The monoisotopic (exact) mass is 414 g/mol. The molecule has 3 aliphatic rings. The van der Waals surface area contributed by atoms with Gasteiger partial charge in [0.25, 0.3) is 0 Å². The van der Waals surface area contributed by atoms with Gasteiger partial charge in [0, 0.05) is 35.1 Å². The Morgan fingerprint density at radius 2 is 1.89 bits per heavy atom. The zero-order chi connectivity index (χ0) is 18.3. The Hall–Kier alpha value is -0.840. The normalized spacial score (nSPS) is 32.9. The van der Waals surface area contributed by atoms with Crippen molar-refractivity contribution in [3.63, 3.8) is 0 Å². The molecule has 150 valence electrons. The summed E-state index contributed by atoms with van der Waals surface area (Å²) in [6.45, 7) is 0.785. The van der Waals surface area contributed by atoms with Crippen molar-refractivity contribution in [2.75, 3.05) is 6.54 Å². The maximum Gasteiger partial charge on any atom is 0.225 e. The topological polar surface area (TPSA) is 46.3 Å². The average molecular weight is 415 g/mol. The van der Waals surface area contributed by atoms with E-state index in [1.165, 1.54) is 12.5 Å². The number of hydrogen-bond acceptors (Lipinski definition) is 2. The van der Waals surface area contributed by atoms with Crippen LogP contribution < -0.4 is 5.73 Å². The minimum Gasteiger partial charge on any atom is -0.339 e. The van der Waals surface area contributed by atoms with Crippen LogP contribution in [0.25, 0.3) is 0 Å². The van der Waals surface area contributed by atoms with Crippen molar-refractivity contribution in [3.8, 4) is 0 Å². The van der Waals surface area contributed by atoms with Gasteiger partial charge in [-0.1, -0.05) is 24.1 Å². The summed E-state index contributed by atoms with van der Waals surface area (Å²) in [5.74, 6) is 1.09. The van der Waals surface area contributed by atoms with Crippen molar-refractivity contribution in [3.05, 3.63) is 34.6 Å². The maximum atomic E-state index is 14.2. The molecule has 2 aliphatic carbocycles. The number of likely N-dealkylation sites (tertiary alicyclic amines) is 1. The molecule has 2 bridgehead atoms. The van der Waals surface area contributed by atoms with E-state index < -0.39 is 0 Å². The molecule has 27 heavy (non-hydrogen) atoms. The van der Waals surface area contributed by atoms with Crippen molar-refractivity contribution < 1.29 is 9.18 Å². The fourth-order valence-corrected chi connectivity index (χ4v) is 5.77. The van der Waals surface area contributed by atoms with Crippen LogP contribution in [0.2, 0.25) is 5.02 Å². The Morgan fingerprint density at radius 1 is 1.19 bits per heavy atom. The third-order valence-electron chi connectivity index (χ3n) is 6.92. The Labute approximate surface area is 172 Å². The summed E-state index contributed by atoms with van der Waals surface area (Å²) in [4.78, 5) is 15.3. The van der Waals surface area contributed by atoms with Gasteiger partial charge in [-0.05, 0) is 68.9 Å². The van der Waals surface area contributed by atoms with Gasteiger partial charge in [-0.2, -0.15) is 0 Å². The van der Waals surface area contributed by atoms with E-state index >= 15 is 0 Å². The summed E-state index contributed by atoms with van der Waals surface area (Å²) in [5, 5.41) is 0.461. The van der Waals surface area contributed by atoms with Crippen molar-refractivity contribution in [2.24, 2.45) is 23.5 Å². The zero-order valence-electron chi connectivity index (χ0n) is 15.6. The highest BCUT2D eigenvalue weighted by molar-refractivity contribution is 6.31. The molecular weight excluding hydrogens is 386 g/mol. The van der Waals surface area contributed by atoms with E-state index in [4.69, 9.17) is 17.3 Å². The molecule has 1 heterocycles. The van der Waals surface area contributed by atoms with Gasteiger partial charge in [-0.25, -0.2) is 4.39 Å². The predicted molar refractivity (Wildman–Crippen MR) is 109 cm³/mol. The Kier molecular flexibility index (Phi) is 6.70. The first-order chi connectivity index (χ1) is 12.5. The van der Waals surface area contributed by atoms with E-state index in [-0.39, 0.29) is 42.1 Å². The second-order valence-electron chi connectivity index (χ2n) is 8.43. The predicted octanol–water partition coefficient (Wildman–Crippen LogP) is 4.59. The lowest BCUT2D eigenvalue weighted by atomic mass is 9.65. The SMILES string of the molecule is Cl.NC1C2CCCC1CC(C(=O)N1CCCC1Cc1c(F)cccc1Cl)C2. The molecule has 1 aromatic carbocycles. The number of halogens is 3. The molecule has 3 nitrogen and oxygen atoms in total. The molecule has 0 spiro atoms. The fourth-order valence-electron chi connectivity index (χ4n) is 5.53. The molecule has 6 heteroatoms. The van der Waals surface area contributed by atoms with E-state index in [2.05, 4.69) is 0 Å². The molecule has 2 N–H and O–H groups in total. The van der Waals surface area contributed by atoms with Gasteiger partial charge >= 0.3 is 0 Å². The van der Waals surface area contributed by atoms with Crippen molar-refractivity contribution in [1.29, 1.82) is 0 Å². The van der Waals surface area contributed by atoms with Crippen molar-refractivity contribution in [1.82, 2.24) is 4.90 Å². The molecule has 1 saturated heterocycles. The van der Waals surface area contributed by atoms with Gasteiger partial charge in [-0.15, -0.1) is 12.4 Å². The Morgan fingerprint density at radius 3 is 2.56 bits per heavy atom. The van der Waals surface area contributed by atoms with Gasteiger partial charge in [0.15, 0.2) is 0 Å². The van der Waals surface area contributed by atoms with Crippen LogP contribution in [0.5, 0.6) is 0 Å². The van der Waals surface area contributed by atoms with Crippen molar-refractivity contribution in [2.45, 2.75) is 63.5 Å². The van der Waals surface area contributed by atoms with Crippen LogP contribution in [0.3, 0.4) is 0 Å². The van der Waals surface area contributed by atoms with Gasteiger partial charge in [0.2, 0.25) is 5.91 Å². The Bertz CT molecular complexity index is 652. The summed E-state index contributed by atoms with van der Waals surface area (Å²) in [7, 11) is 0. The standard InChI is InChI=1S/C21H28ClFN2O.ClH/c22-18-7-2-8-19(23)17(18)12-16-6-3-9-25(16)21(26)15-10-13-4-1-5-14(11-15)20(13)24;/h2,7-8,13-16,20H,1,3-6,9-12,24H2;1H. The molecule has 3 atom stereocenters. The minimum absolute atomic E-state index is 0. The van der Waals surface area contributed by atoms with E-state index in [9.17, 15) is 9.18 Å². The van der Waals surface area contributed by atoms with Crippen LogP contribution in [-0.4, -0.2) is 29.4 Å². The number of carbonyl (C=O) groups excluding carboxylic acids is 1. The summed E-state index contributed by atoms with van der Waals surface area (Å²) in [6.07, 6.45) is 7.86. The number of fused-ring (bicyclic) bond motifs is 2. The molecule has 0 radical (unpaired) electrons. The number of benzene rings is 1. The zero-order valence-corrected chi connectivity index (χ0v) is 17.2. The average Bonchev–Trinajstić information content (AvgIpc) is 3.05. The summed E-state index contributed by atoms with van der Waals surface area (Å²) in [5.41, 5.74) is 6.92. The van der Waals surface area contributed by atoms with E-state index in [0.717, 1.165) is 45.1 Å². The van der Waals surface area contributed by atoms with Crippen LogP contribution >= 0.6 is 24.0 Å². The van der Waals surface area contributed by atoms with Crippen molar-refractivity contribution >= 4 is 29.9 Å². The van der Waals surface area contributed by atoms with Gasteiger partial charge in [0.1, 0.15) is 5.82 Å². The summed E-state index contributed by atoms with van der Waals surface area (Å²) >= 11 is 6.21. The first-order valence-corrected chi connectivity index (χ1v) is 10.4. The molecule has 3 fully saturated rings. The smallest absolute Gasteiger partial charge is 0.225 e. The third-order valence-corrected chi connectivity index (χ3v) is 7.28. The number of rotatable bonds is 3. The van der Waals surface area contributed by atoms with Crippen LogP contribution in [-0.2, 0) is 11.2 Å². The van der Waals surface area contributed by atoms with Gasteiger partial charge in [-0.3, -0.25) is 4.79 Å². The number of hydrogen-bond donors (Lipinski definition) is 1. The lowest BCUT2D eigenvalue weighted by Gasteiger charge is -2.44. The second kappa shape index (κ2) is 8.67. The van der Waals surface area contributed by atoms with E-state index in [1.54, 1.807) is 12.1 Å². The fraction of sp³-hybridized carbons (Fsp3) is 0.667. The lowest BCUT2D eigenvalue weighted by molar-refractivity contribution is -0.139. The maximum absolute atomic E-state index is 14.2. The highest BCUT2D eigenvalue weighted by Crippen LogP contribution is 2.43. The molecule has 1 aromatic rings. The van der Waals surface area contributed by atoms with Crippen LogP contribution in [0.4, 0.5) is 4.39 Å². The van der Waals surface area contributed by atoms with Crippen LogP contribution in [0.15, 0.2) is 18.2 Å². The van der Waals surface area contributed by atoms with Gasteiger partial charge in [0.05, 0.1) is 0 Å². The molecule has 1 amide bonds. The molecule has 0 aromatic heterocycles. The lowest BCUT2D eigenvalue weighted by Crippen LogP contribution is -2.50. The first-order valence-electron chi connectivity index (χ1n) is 10.0. The van der Waals surface area contributed by atoms with E-state index in [1.807, 2.05) is 4.90 Å². The second-order valence-corrected chi connectivity index (χ2v) is 8.84. The summed E-state index contributed by atoms with van der Waals surface area (Å²) < 4.78 is 14.2. The molecule has 1 aliphatic heterocycles. The number of nitrogens with two attached hydrogens (primary N) is 1. The molecular formula is C21H29Cl2FN2O. The molecule has 2 saturated carbocycles. The summed E-state index contributed by atoms with van der Waals surface area (Å²) in [6, 6.07) is 5.14. The first kappa shape index (κ1) is 20.9. The highest BCUT2D eigenvalue weighted by atomic mass is 35.5. The number of carbonyl (C=O) groups is 1. The van der Waals surface area contributed by atoms with E-state index in [0.29, 0.717) is 28.8 Å². The Balaban J connectivity index is 0.00000210. The minimum atomic E-state index is -0.269. The molecule has 3 unspecified atom stereocenters. The highest BCUT2D eigenvalue weighted by Gasteiger charge is 2.43. The van der Waals surface area contributed by atoms with Crippen LogP contribution in [0, 0.1) is 23.6 Å². The number of nitrogens with zero attached hydrogens (tertiary/aromatic N) is 1. The number of amides is 1. The van der Waals surface area contributed by atoms with Gasteiger partial charge < -0.3 is 10.6 Å². The quantitative estimate of drug-likeness (QED) is 0.785.